The van der Waals surface area contributed by atoms with Crippen LogP contribution in [0.2, 0.25) is 0 Å². The summed E-state index contributed by atoms with van der Waals surface area (Å²) in [6.45, 7) is 2.23. The normalized spacial score (nSPS) is 10.4. The summed E-state index contributed by atoms with van der Waals surface area (Å²) in [4.78, 5) is 24.2. The predicted molar refractivity (Wildman–Crippen MR) is 90.1 cm³/mol. The number of aryl methyl sites for hydroxylation is 1. The number of hydrogen-bond acceptors (Lipinski definition) is 5. The summed E-state index contributed by atoms with van der Waals surface area (Å²) in [6.07, 6.45) is 1.43. The molecule has 0 radical (unpaired) electrons. The maximum Gasteiger partial charge on any atom is 0.287 e. The van der Waals surface area contributed by atoms with Crippen LogP contribution in [0, 0.1) is 6.92 Å². The van der Waals surface area contributed by atoms with Gasteiger partial charge in [0.25, 0.3) is 11.8 Å². The zero-order valence-corrected chi connectivity index (χ0v) is 13.6. The van der Waals surface area contributed by atoms with Gasteiger partial charge in [0.05, 0.1) is 6.26 Å². The van der Waals surface area contributed by atoms with Crippen molar-refractivity contribution in [2.75, 3.05) is 13.1 Å². The number of rotatable bonds is 6. The van der Waals surface area contributed by atoms with E-state index in [1.54, 1.807) is 19.1 Å². The van der Waals surface area contributed by atoms with Crippen LogP contribution in [0.25, 0.3) is 11.3 Å². The Balaban J connectivity index is 1.59. The minimum absolute atomic E-state index is 0.229. The van der Waals surface area contributed by atoms with Gasteiger partial charge < -0.3 is 19.6 Å². The summed E-state index contributed by atoms with van der Waals surface area (Å²) in [5.74, 6) is 0.0405. The first-order chi connectivity index (χ1) is 12.2. The lowest BCUT2D eigenvalue weighted by Gasteiger charge is -2.06. The molecule has 0 aliphatic heterocycles. The van der Waals surface area contributed by atoms with E-state index in [0.717, 1.165) is 5.56 Å². The molecule has 0 atom stereocenters. The average molecular weight is 339 g/mol. The second-order valence-corrected chi connectivity index (χ2v) is 5.32. The van der Waals surface area contributed by atoms with Gasteiger partial charge in [-0.25, -0.2) is 0 Å². The van der Waals surface area contributed by atoms with Gasteiger partial charge in [-0.2, -0.15) is 0 Å². The van der Waals surface area contributed by atoms with E-state index in [-0.39, 0.29) is 30.7 Å². The lowest BCUT2D eigenvalue weighted by molar-refractivity contribution is 0.0910. The average Bonchev–Trinajstić information content (AvgIpc) is 3.29. The van der Waals surface area contributed by atoms with Crippen LogP contribution in [0.5, 0.6) is 0 Å². The second kappa shape index (κ2) is 7.48. The number of benzene rings is 1. The van der Waals surface area contributed by atoms with E-state index in [4.69, 9.17) is 8.94 Å². The second-order valence-electron chi connectivity index (χ2n) is 5.32. The molecule has 1 aromatic carbocycles. The summed E-state index contributed by atoms with van der Waals surface area (Å²) in [6, 6.07) is 12.5. The van der Waals surface area contributed by atoms with E-state index < -0.39 is 0 Å². The van der Waals surface area contributed by atoms with E-state index in [1.807, 2.05) is 30.3 Å². The highest BCUT2D eigenvalue weighted by atomic mass is 16.5. The highest BCUT2D eigenvalue weighted by Gasteiger charge is 2.21. The molecule has 3 aromatic rings. The minimum Gasteiger partial charge on any atom is -0.459 e. The molecule has 2 aromatic heterocycles. The number of amides is 2. The maximum absolute atomic E-state index is 12.5. The van der Waals surface area contributed by atoms with Gasteiger partial charge >= 0.3 is 0 Å². The van der Waals surface area contributed by atoms with Gasteiger partial charge in [0, 0.05) is 18.7 Å². The Morgan fingerprint density at radius 1 is 1.00 bits per heavy atom. The standard InChI is InChI=1S/C18H17N3O4/c1-12-15(16(21-25-12)13-6-3-2-4-7-13)18(23)20-10-9-19-17(22)14-8-5-11-24-14/h2-8,11H,9-10H2,1H3,(H,19,22)(H,20,23). The van der Waals surface area contributed by atoms with Crippen molar-refractivity contribution in [3.63, 3.8) is 0 Å². The number of furan rings is 1. The van der Waals surface area contributed by atoms with E-state index in [0.29, 0.717) is 17.0 Å². The van der Waals surface area contributed by atoms with Crippen molar-refractivity contribution in [2.24, 2.45) is 0 Å². The third-order valence-corrected chi connectivity index (χ3v) is 3.58. The van der Waals surface area contributed by atoms with Crippen molar-refractivity contribution in [3.05, 3.63) is 65.8 Å². The minimum atomic E-state index is -0.328. The first-order valence-electron chi connectivity index (χ1n) is 7.78. The van der Waals surface area contributed by atoms with Crippen LogP contribution in [0.15, 0.2) is 57.7 Å². The van der Waals surface area contributed by atoms with E-state index >= 15 is 0 Å². The monoisotopic (exact) mass is 339 g/mol. The van der Waals surface area contributed by atoms with Crippen LogP contribution in [0.3, 0.4) is 0 Å². The molecule has 0 saturated carbocycles. The van der Waals surface area contributed by atoms with Crippen LogP contribution >= 0.6 is 0 Å². The number of hydrogen-bond donors (Lipinski definition) is 2. The zero-order valence-electron chi connectivity index (χ0n) is 13.6. The molecule has 7 heteroatoms. The molecule has 25 heavy (non-hydrogen) atoms. The lowest BCUT2D eigenvalue weighted by Crippen LogP contribution is -2.34. The first kappa shape index (κ1) is 16.5. The Morgan fingerprint density at radius 2 is 1.72 bits per heavy atom. The smallest absolute Gasteiger partial charge is 0.287 e. The molecule has 0 saturated heterocycles. The molecule has 3 rings (SSSR count). The molecular weight excluding hydrogens is 322 g/mol. The van der Waals surface area contributed by atoms with Crippen molar-refractivity contribution < 1.29 is 18.5 Å². The SMILES string of the molecule is Cc1onc(-c2ccccc2)c1C(=O)NCCNC(=O)c1ccco1. The molecular formula is C18H17N3O4. The van der Waals surface area contributed by atoms with Crippen molar-refractivity contribution in [1.29, 1.82) is 0 Å². The quantitative estimate of drug-likeness (QED) is 0.672. The van der Waals surface area contributed by atoms with E-state index in [2.05, 4.69) is 15.8 Å². The van der Waals surface area contributed by atoms with Crippen LogP contribution in [0.4, 0.5) is 0 Å². The van der Waals surface area contributed by atoms with Gasteiger partial charge in [-0.1, -0.05) is 35.5 Å². The fourth-order valence-corrected chi connectivity index (χ4v) is 2.37. The summed E-state index contributed by atoms with van der Waals surface area (Å²) in [7, 11) is 0. The van der Waals surface area contributed by atoms with E-state index in [9.17, 15) is 9.59 Å². The maximum atomic E-state index is 12.5. The molecule has 0 fully saturated rings. The highest BCUT2D eigenvalue weighted by Crippen LogP contribution is 2.24. The highest BCUT2D eigenvalue weighted by molar-refractivity contribution is 6.00. The Hall–Kier alpha value is -3.35. The number of nitrogens with one attached hydrogen (secondary N) is 2. The Morgan fingerprint density at radius 3 is 2.40 bits per heavy atom. The number of carbonyl (C=O) groups excluding carboxylic acids is 2. The molecule has 0 aliphatic carbocycles. The van der Waals surface area contributed by atoms with Crippen LogP contribution in [-0.4, -0.2) is 30.1 Å². The van der Waals surface area contributed by atoms with Gasteiger partial charge in [-0.15, -0.1) is 0 Å². The summed E-state index contributed by atoms with van der Waals surface area (Å²) in [5, 5.41) is 9.39. The van der Waals surface area contributed by atoms with Crippen molar-refractivity contribution in [2.45, 2.75) is 6.92 Å². The van der Waals surface area contributed by atoms with Crippen molar-refractivity contribution in [3.8, 4) is 11.3 Å². The summed E-state index contributed by atoms with van der Waals surface area (Å²) in [5.41, 5.74) is 1.69. The van der Waals surface area contributed by atoms with Gasteiger partial charge in [-0.05, 0) is 19.1 Å². The zero-order chi connectivity index (χ0) is 17.6. The van der Waals surface area contributed by atoms with Crippen LogP contribution in [0.1, 0.15) is 26.7 Å². The molecule has 0 spiro atoms. The number of aromatic nitrogens is 1. The molecule has 2 amide bonds. The lowest BCUT2D eigenvalue weighted by atomic mass is 10.1. The molecule has 2 heterocycles. The molecule has 0 unspecified atom stereocenters. The van der Waals surface area contributed by atoms with Crippen LogP contribution in [-0.2, 0) is 0 Å². The molecule has 128 valence electrons. The molecule has 0 bridgehead atoms. The molecule has 7 nitrogen and oxygen atoms in total. The van der Waals surface area contributed by atoms with Gasteiger partial charge in [-0.3, -0.25) is 9.59 Å². The third-order valence-electron chi connectivity index (χ3n) is 3.58. The molecule has 0 aliphatic rings. The summed E-state index contributed by atoms with van der Waals surface area (Å²) < 4.78 is 10.2. The van der Waals surface area contributed by atoms with Crippen molar-refractivity contribution >= 4 is 11.8 Å². The number of carbonyl (C=O) groups is 2. The summed E-state index contributed by atoms with van der Waals surface area (Å²) >= 11 is 0. The fraction of sp³-hybridized carbons (Fsp3) is 0.167. The van der Waals surface area contributed by atoms with Gasteiger partial charge in [0.1, 0.15) is 17.0 Å². The Kier molecular flexibility index (Phi) is 4.94. The van der Waals surface area contributed by atoms with Gasteiger partial charge in [0.15, 0.2) is 5.76 Å². The fourth-order valence-electron chi connectivity index (χ4n) is 2.37. The van der Waals surface area contributed by atoms with E-state index in [1.165, 1.54) is 6.26 Å². The van der Waals surface area contributed by atoms with Crippen molar-refractivity contribution in [1.82, 2.24) is 15.8 Å². The van der Waals surface area contributed by atoms with Gasteiger partial charge in [0.2, 0.25) is 0 Å². The predicted octanol–water partition coefficient (Wildman–Crippen LogP) is 2.40. The largest absolute Gasteiger partial charge is 0.459 e. The Labute approximate surface area is 144 Å². The first-order valence-corrected chi connectivity index (χ1v) is 7.78. The topological polar surface area (TPSA) is 97.4 Å². The number of nitrogens with zero attached hydrogens (tertiary/aromatic N) is 1. The Bertz CT molecular complexity index is 854. The molecule has 2 N–H and O–H groups in total. The third kappa shape index (κ3) is 3.77. The van der Waals surface area contributed by atoms with Crippen LogP contribution < -0.4 is 10.6 Å².